The lowest BCUT2D eigenvalue weighted by Gasteiger charge is -2.26. The van der Waals surface area contributed by atoms with Gasteiger partial charge in [0.25, 0.3) is 0 Å². The molecule has 0 aromatic heterocycles. The maximum absolute atomic E-state index is 2.42. The minimum absolute atomic E-state index is 0.242. The number of unbranched alkanes of at least 4 members (excludes halogenated alkanes) is 2. The first-order valence-electron chi connectivity index (χ1n) is 11.3. The van der Waals surface area contributed by atoms with Crippen LogP contribution in [0, 0.1) is 0 Å². The van der Waals surface area contributed by atoms with Gasteiger partial charge in [-0.25, -0.2) is 0 Å². The van der Waals surface area contributed by atoms with Gasteiger partial charge in [-0.15, -0.1) is 0 Å². The van der Waals surface area contributed by atoms with Crippen LogP contribution < -0.4 is 0 Å². The van der Waals surface area contributed by atoms with Crippen molar-refractivity contribution in [1.29, 1.82) is 0 Å². The fraction of sp³-hybridized carbons (Fsp3) is 0.500. The first-order valence-corrected chi connectivity index (χ1v) is 11.3. The topological polar surface area (TPSA) is 0 Å². The molecule has 0 aliphatic heterocycles. The smallest absolute Gasteiger partial charge is 0.0103 e. The Labute approximate surface area is 172 Å². The molecular weight excluding hydrogens is 336 g/mol. The molecule has 0 N–H and O–H groups in total. The van der Waals surface area contributed by atoms with Gasteiger partial charge in [0.15, 0.2) is 0 Å². The molecule has 0 aliphatic rings. The van der Waals surface area contributed by atoms with E-state index in [0.717, 1.165) is 0 Å². The van der Waals surface area contributed by atoms with Crippen molar-refractivity contribution in [1.82, 2.24) is 0 Å². The lowest BCUT2D eigenvalue weighted by Crippen LogP contribution is -2.17. The summed E-state index contributed by atoms with van der Waals surface area (Å²) in [6.45, 7) is 14.1. The van der Waals surface area contributed by atoms with E-state index in [1.807, 2.05) is 0 Å². The van der Waals surface area contributed by atoms with Crippen molar-refractivity contribution in [3.63, 3.8) is 0 Å². The maximum atomic E-state index is 2.42. The summed E-state index contributed by atoms with van der Waals surface area (Å²) in [5, 5.41) is 5.44. The van der Waals surface area contributed by atoms with E-state index in [1.54, 1.807) is 0 Å². The molecule has 0 unspecified atom stereocenters. The summed E-state index contributed by atoms with van der Waals surface area (Å²) in [6, 6.07) is 18.9. The SMILES string of the molecule is CCCCC(C)(C)c1ccc2cc3cc(C(C)(C)CCCC)ccc3cc2c1. The van der Waals surface area contributed by atoms with Gasteiger partial charge in [-0.1, -0.05) is 104 Å². The summed E-state index contributed by atoms with van der Waals surface area (Å²) < 4.78 is 0. The Hall–Kier alpha value is -1.82. The van der Waals surface area contributed by atoms with Gasteiger partial charge in [0.1, 0.15) is 0 Å². The van der Waals surface area contributed by atoms with Gasteiger partial charge in [0.2, 0.25) is 0 Å². The molecular formula is C28H38. The van der Waals surface area contributed by atoms with Crippen LogP contribution in [0.25, 0.3) is 21.5 Å². The Kier molecular flexibility index (Phi) is 6.18. The highest BCUT2D eigenvalue weighted by atomic mass is 14.3. The van der Waals surface area contributed by atoms with Crippen LogP contribution in [0.3, 0.4) is 0 Å². The molecule has 3 aromatic carbocycles. The number of hydrogen-bond donors (Lipinski definition) is 0. The molecule has 0 amide bonds. The quantitative estimate of drug-likeness (QED) is 0.345. The predicted octanol–water partition coefficient (Wildman–Crippen LogP) is 8.93. The molecule has 28 heavy (non-hydrogen) atoms. The molecule has 3 rings (SSSR count). The summed E-state index contributed by atoms with van der Waals surface area (Å²) in [5.41, 5.74) is 3.41. The maximum Gasteiger partial charge on any atom is -0.0103 e. The normalized spacial score (nSPS) is 12.8. The van der Waals surface area contributed by atoms with E-state index in [1.165, 1.54) is 71.2 Å². The molecule has 0 nitrogen and oxygen atoms in total. The number of rotatable bonds is 8. The van der Waals surface area contributed by atoms with Crippen LogP contribution in [0.2, 0.25) is 0 Å². The van der Waals surface area contributed by atoms with Crippen molar-refractivity contribution in [2.45, 2.75) is 90.9 Å². The van der Waals surface area contributed by atoms with Gasteiger partial charge < -0.3 is 0 Å². The lowest BCUT2D eigenvalue weighted by atomic mass is 9.78. The highest BCUT2D eigenvalue weighted by Gasteiger charge is 2.21. The Bertz CT molecular complexity index is 863. The van der Waals surface area contributed by atoms with Gasteiger partial charge in [-0.2, -0.15) is 0 Å². The standard InChI is InChI=1S/C28H38/c1-7-9-15-27(3,4)25-13-11-21-18-24-20-26(28(5,6)16-10-8-2)14-12-22(24)17-23(21)19-25/h11-14,17-20H,7-10,15-16H2,1-6H3. The van der Waals surface area contributed by atoms with E-state index < -0.39 is 0 Å². The predicted molar refractivity (Wildman–Crippen MR) is 127 cm³/mol. The second kappa shape index (κ2) is 8.27. The van der Waals surface area contributed by atoms with Crippen molar-refractivity contribution in [2.75, 3.05) is 0 Å². The molecule has 0 aliphatic carbocycles. The van der Waals surface area contributed by atoms with Crippen molar-refractivity contribution in [3.8, 4) is 0 Å². The molecule has 0 fully saturated rings. The Morgan fingerprint density at radius 2 is 0.929 bits per heavy atom. The van der Waals surface area contributed by atoms with Crippen LogP contribution in [0.4, 0.5) is 0 Å². The minimum atomic E-state index is 0.242. The van der Waals surface area contributed by atoms with Gasteiger partial charge in [0.05, 0.1) is 0 Å². The van der Waals surface area contributed by atoms with Crippen molar-refractivity contribution in [3.05, 3.63) is 59.7 Å². The third-order valence-electron chi connectivity index (χ3n) is 6.67. The van der Waals surface area contributed by atoms with E-state index in [2.05, 4.69) is 90.1 Å². The average molecular weight is 375 g/mol. The summed E-state index contributed by atoms with van der Waals surface area (Å²) >= 11 is 0. The zero-order valence-electron chi connectivity index (χ0n) is 18.9. The van der Waals surface area contributed by atoms with Crippen molar-refractivity contribution < 1.29 is 0 Å². The van der Waals surface area contributed by atoms with Crippen LogP contribution in [-0.4, -0.2) is 0 Å². The van der Waals surface area contributed by atoms with Gasteiger partial charge in [-0.3, -0.25) is 0 Å². The molecule has 0 saturated carbocycles. The summed E-state index contributed by atoms with van der Waals surface area (Å²) in [5.74, 6) is 0. The van der Waals surface area contributed by atoms with E-state index in [0.29, 0.717) is 0 Å². The van der Waals surface area contributed by atoms with E-state index in [-0.39, 0.29) is 10.8 Å². The lowest BCUT2D eigenvalue weighted by molar-refractivity contribution is 0.458. The molecule has 3 aromatic rings. The summed E-state index contributed by atoms with van der Waals surface area (Å²) in [4.78, 5) is 0. The Balaban J connectivity index is 2.00. The molecule has 0 bridgehead atoms. The minimum Gasteiger partial charge on any atom is -0.0654 e. The van der Waals surface area contributed by atoms with E-state index >= 15 is 0 Å². The van der Waals surface area contributed by atoms with Gasteiger partial charge in [0, 0.05) is 0 Å². The average Bonchev–Trinajstić information content (AvgIpc) is 2.68. The second-order valence-electron chi connectivity index (χ2n) is 9.95. The number of hydrogen-bond acceptors (Lipinski definition) is 0. The van der Waals surface area contributed by atoms with Gasteiger partial charge >= 0.3 is 0 Å². The molecule has 0 radical (unpaired) electrons. The fourth-order valence-electron chi connectivity index (χ4n) is 4.37. The largest absolute Gasteiger partial charge is 0.0654 e. The Morgan fingerprint density at radius 3 is 1.29 bits per heavy atom. The van der Waals surface area contributed by atoms with Crippen LogP contribution in [0.15, 0.2) is 48.5 Å². The van der Waals surface area contributed by atoms with E-state index in [4.69, 9.17) is 0 Å². The van der Waals surface area contributed by atoms with Crippen LogP contribution >= 0.6 is 0 Å². The highest BCUT2D eigenvalue weighted by Crippen LogP contribution is 2.35. The molecule has 0 saturated heterocycles. The number of benzene rings is 3. The monoisotopic (exact) mass is 374 g/mol. The molecule has 0 atom stereocenters. The van der Waals surface area contributed by atoms with Crippen molar-refractivity contribution in [2.24, 2.45) is 0 Å². The molecule has 0 spiro atoms. The third kappa shape index (κ3) is 4.43. The first-order chi connectivity index (χ1) is 13.3. The fourth-order valence-corrected chi connectivity index (χ4v) is 4.37. The first kappa shape index (κ1) is 20.9. The zero-order chi connectivity index (χ0) is 20.4. The van der Waals surface area contributed by atoms with Crippen molar-refractivity contribution >= 4 is 21.5 Å². The highest BCUT2D eigenvalue weighted by molar-refractivity contribution is 5.98. The van der Waals surface area contributed by atoms with Gasteiger partial charge in [-0.05, 0) is 68.5 Å². The van der Waals surface area contributed by atoms with Crippen LogP contribution in [-0.2, 0) is 10.8 Å². The number of fused-ring (bicyclic) bond motifs is 2. The molecule has 0 heteroatoms. The van der Waals surface area contributed by atoms with E-state index in [9.17, 15) is 0 Å². The van der Waals surface area contributed by atoms with Crippen LogP contribution in [0.1, 0.15) is 91.2 Å². The zero-order valence-corrected chi connectivity index (χ0v) is 18.9. The van der Waals surface area contributed by atoms with Crippen LogP contribution in [0.5, 0.6) is 0 Å². The summed E-state index contributed by atoms with van der Waals surface area (Å²) in [6.07, 6.45) is 7.60. The third-order valence-corrected chi connectivity index (χ3v) is 6.67. The summed E-state index contributed by atoms with van der Waals surface area (Å²) in [7, 11) is 0. The molecule has 0 heterocycles. The Morgan fingerprint density at radius 1 is 0.536 bits per heavy atom. The molecule has 150 valence electrons. The second-order valence-corrected chi connectivity index (χ2v) is 9.95.